The van der Waals surface area contributed by atoms with Crippen molar-refractivity contribution in [1.82, 2.24) is 10.6 Å². The van der Waals surface area contributed by atoms with Gasteiger partial charge in [0.15, 0.2) is 0 Å². The van der Waals surface area contributed by atoms with Crippen molar-refractivity contribution in [2.24, 2.45) is 0 Å². The molecule has 2 N–H and O–H groups in total. The first-order valence-electron chi connectivity index (χ1n) is 4.69. The van der Waals surface area contributed by atoms with Crippen LogP contribution in [0.1, 0.15) is 33.1 Å². The fraction of sp³-hybridized carbons (Fsp3) is 1.00. The number of hydrogen-bond donors (Lipinski definition) is 2. The third-order valence-corrected chi connectivity index (χ3v) is 1.85. The second-order valence-electron chi connectivity index (χ2n) is 3.10. The van der Waals surface area contributed by atoms with E-state index in [-0.39, 0.29) is 0 Å². The van der Waals surface area contributed by atoms with Gasteiger partial charge in [0.1, 0.15) is 0 Å². The molecule has 0 amide bonds. The van der Waals surface area contributed by atoms with Crippen molar-refractivity contribution in [3.05, 3.63) is 0 Å². The van der Waals surface area contributed by atoms with Gasteiger partial charge in [-0.25, -0.2) is 0 Å². The average Bonchev–Trinajstić information content (AvgIpc) is 2.01. The van der Waals surface area contributed by atoms with Crippen LogP contribution in [0.3, 0.4) is 0 Å². The van der Waals surface area contributed by atoms with Crippen LogP contribution < -0.4 is 10.6 Å². The molecule has 2 heteroatoms. The summed E-state index contributed by atoms with van der Waals surface area (Å²) >= 11 is 0. The summed E-state index contributed by atoms with van der Waals surface area (Å²) in [6.45, 7) is 6.74. The fourth-order valence-electron chi connectivity index (χ4n) is 0.988. The summed E-state index contributed by atoms with van der Waals surface area (Å²) in [4.78, 5) is 0. The van der Waals surface area contributed by atoms with E-state index in [1.165, 1.54) is 25.8 Å². The summed E-state index contributed by atoms with van der Waals surface area (Å²) < 4.78 is 0. The molecule has 0 radical (unpaired) electrons. The highest BCUT2D eigenvalue weighted by molar-refractivity contribution is 4.60. The second-order valence-corrected chi connectivity index (χ2v) is 3.10. The maximum absolute atomic E-state index is 3.48. The van der Waals surface area contributed by atoms with E-state index >= 15 is 0 Å². The maximum Gasteiger partial charge on any atom is 0.00508 e. The van der Waals surface area contributed by atoms with Crippen molar-refractivity contribution < 1.29 is 0 Å². The van der Waals surface area contributed by atoms with Crippen LogP contribution in [0, 0.1) is 0 Å². The molecule has 0 saturated heterocycles. The highest BCUT2D eigenvalue weighted by atomic mass is 14.9. The maximum atomic E-state index is 3.48. The van der Waals surface area contributed by atoms with E-state index in [0.717, 1.165) is 6.54 Å². The zero-order valence-electron chi connectivity index (χ0n) is 8.11. The molecule has 0 aromatic carbocycles. The first-order valence-corrected chi connectivity index (χ1v) is 4.69. The molecular weight excluding hydrogens is 136 g/mol. The van der Waals surface area contributed by atoms with E-state index in [1.807, 2.05) is 7.05 Å². The van der Waals surface area contributed by atoms with E-state index in [1.54, 1.807) is 0 Å². The first kappa shape index (κ1) is 10.9. The van der Waals surface area contributed by atoms with Gasteiger partial charge < -0.3 is 10.6 Å². The molecule has 0 saturated carbocycles. The molecular formula is C9H22N2. The smallest absolute Gasteiger partial charge is 0.00508 e. The van der Waals surface area contributed by atoms with E-state index in [2.05, 4.69) is 24.5 Å². The molecule has 0 aliphatic rings. The summed E-state index contributed by atoms with van der Waals surface area (Å²) in [5, 5.41) is 6.63. The normalized spacial score (nSPS) is 13.4. The lowest BCUT2D eigenvalue weighted by atomic mass is 10.2. The largest absolute Gasteiger partial charge is 0.320 e. The Balaban J connectivity index is 3.02. The molecule has 0 aliphatic carbocycles. The molecule has 0 heterocycles. The molecule has 11 heavy (non-hydrogen) atoms. The average molecular weight is 158 g/mol. The van der Waals surface area contributed by atoms with Gasteiger partial charge in [-0.3, -0.25) is 0 Å². The van der Waals surface area contributed by atoms with Gasteiger partial charge in [0.2, 0.25) is 0 Å². The molecule has 0 aliphatic heterocycles. The number of nitrogens with one attached hydrogen (secondary N) is 2. The summed E-state index contributed by atoms with van der Waals surface area (Å²) in [6, 6.07) is 0.661. The van der Waals surface area contributed by atoms with E-state index in [4.69, 9.17) is 0 Å². The highest BCUT2D eigenvalue weighted by Gasteiger charge is 1.97. The van der Waals surface area contributed by atoms with Crippen LogP contribution in [0.2, 0.25) is 0 Å². The zero-order valence-corrected chi connectivity index (χ0v) is 8.11. The molecule has 1 atom stereocenters. The summed E-state index contributed by atoms with van der Waals surface area (Å²) in [5.41, 5.74) is 0. The van der Waals surface area contributed by atoms with Gasteiger partial charge in [-0.15, -0.1) is 0 Å². The van der Waals surface area contributed by atoms with Crippen molar-refractivity contribution >= 4 is 0 Å². The minimum absolute atomic E-state index is 0.661. The van der Waals surface area contributed by atoms with Crippen LogP contribution in [-0.4, -0.2) is 26.2 Å². The Kier molecular flexibility index (Phi) is 7.96. The molecule has 68 valence electrons. The SMILES string of the molecule is CCCCNC(C)CCNC. The number of unbranched alkanes of at least 4 members (excludes halogenated alkanes) is 1. The lowest BCUT2D eigenvalue weighted by Gasteiger charge is -2.12. The topological polar surface area (TPSA) is 24.1 Å². The third-order valence-electron chi connectivity index (χ3n) is 1.85. The van der Waals surface area contributed by atoms with Crippen LogP contribution in [0.4, 0.5) is 0 Å². The quantitative estimate of drug-likeness (QED) is 0.547. The summed E-state index contributed by atoms with van der Waals surface area (Å²) in [7, 11) is 2.00. The van der Waals surface area contributed by atoms with Gasteiger partial charge in [0.25, 0.3) is 0 Å². The Hall–Kier alpha value is -0.0800. The Morgan fingerprint density at radius 2 is 2.00 bits per heavy atom. The van der Waals surface area contributed by atoms with Gasteiger partial charge >= 0.3 is 0 Å². The Bertz CT molecular complexity index is 74.0. The van der Waals surface area contributed by atoms with Crippen molar-refractivity contribution in [2.75, 3.05) is 20.1 Å². The van der Waals surface area contributed by atoms with Crippen molar-refractivity contribution in [3.63, 3.8) is 0 Å². The molecule has 0 aromatic rings. The Morgan fingerprint density at radius 3 is 2.55 bits per heavy atom. The van der Waals surface area contributed by atoms with Gasteiger partial charge in [-0.05, 0) is 39.9 Å². The van der Waals surface area contributed by atoms with Crippen molar-refractivity contribution in [2.45, 2.75) is 39.2 Å². The fourth-order valence-corrected chi connectivity index (χ4v) is 0.988. The van der Waals surface area contributed by atoms with Crippen LogP contribution in [-0.2, 0) is 0 Å². The van der Waals surface area contributed by atoms with Crippen molar-refractivity contribution in [3.8, 4) is 0 Å². The predicted octanol–water partition coefficient (Wildman–Crippen LogP) is 1.37. The zero-order chi connectivity index (χ0) is 8.53. The van der Waals surface area contributed by atoms with E-state index in [0.29, 0.717) is 6.04 Å². The Morgan fingerprint density at radius 1 is 1.27 bits per heavy atom. The first-order chi connectivity index (χ1) is 5.31. The van der Waals surface area contributed by atoms with Crippen molar-refractivity contribution in [1.29, 1.82) is 0 Å². The summed E-state index contributed by atoms with van der Waals surface area (Å²) in [5.74, 6) is 0. The molecule has 0 rings (SSSR count). The minimum Gasteiger partial charge on any atom is -0.320 e. The van der Waals surface area contributed by atoms with Gasteiger partial charge in [-0.2, -0.15) is 0 Å². The monoisotopic (exact) mass is 158 g/mol. The van der Waals surface area contributed by atoms with Crippen LogP contribution in [0.5, 0.6) is 0 Å². The minimum atomic E-state index is 0.661. The molecule has 0 spiro atoms. The molecule has 0 aromatic heterocycles. The number of rotatable bonds is 7. The van der Waals surface area contributed by atoms with Crippen LogP contribution in [0.15, 0.2) is 0 Å². The molecule has 0 bridgehead atoms. The third kappa shape index (κ3) is 7.82. The van der Waals surface area contributed by atoms with Gasteiger partial charge in [0, 0.05) is 6.04 Å². The van der Waals surface area contributed by atoms with Crippen LogP contribution >= 0.6 is 0 Å². The van der Waals surface area contributed by atoms with E-state index in [9.17, 15) is 0 Å². The van der Waals surface area contributed by atoms with Crippen LogP contribution in [0.25, 0.3) is 0 Å². The molecule has 2 nitrogen and oxygen atoms in total. The summed E-state index contributed by atoms with van der Waals surface area (Å²) in [6.07, 6.45) is 3.80. The predicted molar refractivity (Wildman–Crippen MR) is 50.9 cm³/mol. The van der Waals surface area contributed by atoms with Gasteiger partial charge in [0.05, 0.1) is 0 Å². The highest BCUT2D eigenvalue weighted by Crippen LogP contribution is 1.90. The molecule has 0 fully saturated rings. The molecule has 1 unspecified atom stereocenters. The van der Waals surface area contributed by atoms with E-state index < -0.39 is 0 Å². The standard InChI is InChI=1S/C9H22N2/c1-4-5-7-11-9(2)6-8-10-3/h9-11H,4-8H2,1-3H3. The second kappa shape index (κ2) is 8.02. The Labute approximate surface area is 70.8 Å². The lowest BCUT2D eigenvalue weighted by Crippen LogP contribution is -2.29. The number of hydrogen-bond acceptors (Lipinski definition) is 2. The van der Waals surface area contributed by atoms with Gasteiger partial charge in [-0.1, -0.05) is 13.3 Å². The lowest BCUT2D eigenvalue weighted by molar-refractivity contribution is 0.495.